The molecular weight excluding hydrogens is 297 g/mol. The quantitative estimate of drug-likeness (QED) is 0.911. The van der Waals surface area contributed by atoms with Gasteiger partial charge in [0.15, 0.2) is 0 Å². The van der Waals surface area contributed by atoms with E-state index in [4.69, 9.17) is 0 Å². The van der Waals surface area contributed by atoms with E-state index in [-0.39, 0.29) is 24.6 Å². The molecule has 1 aromatic heterocycles. The van der Waals surface area contributed by atoms with E-state index in [0.29, 0.717) is 5.69 Å². The van der Waals surface area contributed by atoms with Crippen molar-refractivity contribution in [2.24, 2.45) is 5.92 Å². The monoisotopic (exact) mass is 316 g/mol. The SMILES string of the molecule is CNc1nc(C)cc(C(=O)N2CC[C@@H](C(F)(F)F)C2(C)C)n1. The number of rotatable bonds is 2. The van der Waals surface area contributed by atoms with Gasteiger partial charge in [0.25, 0.3) is 5.91 Å². The Labute approximate surface area is 126 Å². The van der Waals surface area contributed by atoms with Crippen LogP contribution < -0.4 is 5.32 Å². The van der Waals surface area contributed by atoms with E-state index >= 15 is 0 Å². The number of carbonyl (C=O) groups excluding carboxylic acids is 1. The Morgan fingerprint density at radius 3 is 2.55 bits per heavy atom. The van der Waals surface area contributed by atoms with Crippen molar-refractivity contribution < 1.29 is 18.0 Å². The standard InChI is InChI=1S/C14H19F3N4O/c1-8-7-9(20-12(18-4)19-8)11(22)21-6-5-10(13(21,2)3)14(15,16)17/h7,10H,5-6H2,1-4H3,(H,18,19,20)/t10-/m1/s1. The van der Waals surface area contributed by atoms with Crippen LogP contribution in [0.3, 0.4) is 0 Å². The summed E-state index contributed by atoms with van der Waals surface area (Å²) in [6.07, 6.45) is -4.42. The molecule has 0 saturated carbocycles. The second-order valence-corrected chi connectivity index (χ2v) is 5.96. The summed E-state index contributed by atoms with van der Waals surface area (Å²) in [5, 5.41) is 2.73. The number of hydrogen-bond donors (Lipinski definition) is 1. The van der Waals surface area contributed by atoms with Crippen LogP contribution in [-0.2, 0) is 0 Å². The zero-order valence-electron chi connectivity index (χ0n) is 13.0. The highest BCUT2D eigenvalue weighted by Crippen LogP contribution is 2.45. The first-order chi connectivity index (χ1) is 10.1. The van der Waals surface area contributed by atoms with Crippen molar-refractivity contribution >= 4 is 11.9 Å². The van der Waals surface area contributed by atoms with Gasteiger partial charge in [-0.3, -0.25) is 4.79 Å². The van der Waals surface area contributed by atoms with E-state index in [1.54, 1.807) is 14.0 Å². The molecule has 1 aliphatic heterocycles. The molecule has 5 nitrogen and oxygen atoms in total. The minimum Gasteiger partial charge on any atom is -0.357 e. The second-order valence-electron chi connectivity index (χ2n) is 5.96. The molecule has 1 N–H and O–H groups in total. The number of nitrogens with zero attached hydrogens (tertiary/aromatic N) is 3. The summed E-state index contributed by atoms with van der Waals surface area (Å²) in [6.45, 7) is 4.66. The van der Waals surface area contributed by atoms with Gasteiger partial charge >= 0.3 is 6.18 Å². The van der Waals surface area contributed by atoms with Gasteiger partial charge in [-0.2, -0.15) is 13.2 Å². The molecule has 2 rings (SSSR count). The van der Waals surface area contributed by atoms with Crippen LogP contribution in [0.5, 0.6) is 0 Å². The third-order valence-electron chi connectivity index (χ3n) is 4.13. The Morgan fingerprint density at radius 1 is 1.41 bits per heavy atom. The van der Waals surface area contributed by atoms with Crippen molar-refractivity contribution in [1.29, 1.82) is 0 Å². The molecule has 1 saturated heterocycles. The maximum Gasteiger partial charge on any atom is 0.394 e. The normalized spacial score (nSPS) is 21.0. The van der Waals surface area contributed by atoms with Gasteiger partial charge in [-0.05, 0) is 33.3 Å². The van der Waals surface area contributed by atoms with Crippen molar-refractivity contribution in [2.45, 2.75) is 38.9 Å². The number of aromatic nitrogens is 2. The maximum atomic E-state index is 13.1. The Bertz CT molecular complexity index is 586. The van der Waals surface area contributed by atoms with Crippen molar-refractivity contribution in [3.63, 3.8) is 0 Å². The minimum absolute atomic E-state index is 0.0634. The molecular formula is C14H19F3N4O. The average molecular weight is 316 g/mol. The smallest absolute Gasteiger partial charge is 0.357 e. The molecule has 1 aromatic rings. The summed E-state index contributed by atoms with van der Waals surface area (Å²) < 4.78 is 39.3. The van der Waals surface area contributed by atoms with Gasteiger partial charge < -0.3 is 10.2 Å². The molecule has 8 heteroatoms. The molecule has 22 heavy (non-hydrogen) atoms. The maximum absolute atomic E-state index is 13.1. The van der Waals surface area contributed by atoms with E-state index < -0.39 is 23.5 Å². The number of likely N-dealkylation sites (tertiary alicyclic amines) is 1. The molecule has 122 valence electrons. The number of amides is 1. The highest BCUT2D eigenvalue weighted by molar-refractivity contribution is 5.93. The molecule has 0 spiro atoms. The van der Waals surface area contributed by atoms with Gasteiger partial charge in [0.05, 0.1) is 5.92 Å². The van der Waals surface area contributed by atoms with E-state index in [1.165, 1.54) is 24.8 Å². The van der Waals surface area contributed by atoms with Gasteiger partial charge in [0.1, 0.15) is 5.69 Å². The third-order valence-corrected chi connectivity index (χ3v) is 4.13. The van der Waals surface area contributed by atoms with Crippen LogP contribution in [0.1, 0.15) is 36.5 Å². The Hall–Kier alpha value is -1.86. The van der Waals surface area contributed by atoms with Crippen LogP contribution in [0.25, 0.3) is 0 Å². The zero-order chi connectivity index (χ0) is 16.7. The van der Waals surface area contributed by atoms with Crippen LogP contribution in [0.15, 0.2) is 6.07 Å². The lowest BCUT2D eigenvalue weighted by Crippen LogP contribution is -2.50. The summed E-state index contributed by atoms with van der Waals surface area (Å²) in [6, 6.07) is 1.49. The summed E-state index contributed by atoms with van der Waals surface area (Å²) in [4.78, 5) is 22.0. The number of halogens is 3. The van der Waals surface area contributed by atoms with Gasteiger partial charge in [-0.15, -0.1) is 0 Å². The van der Waals surface area contributed by atoms with Gasteiger partial charge in [0, 0.05) is 24.8 Å². The number of hydrogen-bond acceptors (Lipinski definition) is 4. The molecule has 0 aromatic carbocycles. The van der Waals surface area contributed by atoms with Gasteiger partial charge in [0.2, 0.25) is 5.95 Å². The molecule has 0 aliphatic carbocycles. The lowest BCUT2D eigenvalue weighted by atomic mass is 9.88. The van der Waals surface area contributed by atoms with Crippen LogP contribution in [0.2, 0.25) is 0 Å². The Balaban J connectivity index is 2.33. The number of alkyl halides is 3. The molecule has 1 aliphatic rings. The Morgan fingerprint density at radius 2 is 2.05 bits per heavy atom. The summed E-state index contributed by atoms with van der Waals surface area (Å²) in [5.74, 6) is -1.76. The number of nitrogens with one attached hydrogen (secondary N) is 1. The molecule has 0 unspecified atom stereocenters. The first-order valence-electron chi connectivity index (χ1n) is 6.99. The largest absolute Gasteiger partial charge is 0.394 e. The first-order valence-corrected chi connectivity index (χ1v) is 6.99. The van der Waals surface area contributed by atoms with Crippen molar-refractivity contribution in [3.05, 3.63) is 17.5 Å². The predicted octanol–water partition coefficient (Wildman–Crippen LogP) is 2.63. The molecule has 1 amide bonds. The van der Waals surface area contributed by atoms with Crippen LogP contribution in [-0.4, -0.2) is 46.1 Å². The third kappa shape index (κ3) is 2.86. The summed E-state index contributed by atoms with van der Waals surface area (Å²) in [7, 11) is 1.61. The van der Waals surface area contributed by atoms with E-state index in [0.717, 1.165) is 0 Å². The van der Waals surface area contributed by atoms with Crippen LogP contribution in [0.4, 0.5) is 19.1 Å². The fourth-order valence-corrected chi connectivity index (χ4v) is 2.94. The topological polar surface area (TPSA) is 58.1 Å². The van der Waals surface area contributed by atoms with Gasteiger partial charge in [-0.1, -0.05) is 0 Å². The lowest BCUT2D eigenvalue weighted by molar-refractivity contribution is -0.189. The number of aryl methyl sites for hydroxylation is 1. The van der Waals surface area contributed by atoms with E-state index in [1.807, 2.05) is 0 Å². The molecule has 1 atom stereocenters. The number of carbonyl (C=O) groups is 1. The predicted molar refractivity (Wildman–Crippen MR) is 75.6 cm³/mol. The number of anilines is 1. The zero-order valence-corrected chi connectivity index (χ0v) is 13.0. The fraction of sp³-hybridized carbons (Fsp3) is 0.643. The average Bonchev–Trinajstić information content (AvgIpc) is 2.72. The van der Waals surface area contributed by atoms with E-state index in [2.05, 4.69) is 15.3 Å². The second kappa shape index (κ2) is 5.40. The molecule has 0 bridgehead atoms. The van der Waals surface area contributed by atoms with Crippen molar-refractivity contribution in [2.75, 3.05) is 18.9 Å². The van der Waals surface area contributed by atoms with Crippen LogP contribution in [0, 0.1) is 12.8 Å². The highest BCUT2D eigenvalue weighted by atomic mass is 19.4. The van der Waals surface area contributed by atoms with Crippen LogP contribution >= 0.6 is 0 Å². The Kier molecular flexibility index (Phi) is 4.06. The van der Waals surface area contributed by atoms with Crippen molar-refractivity contribution in [3.8, 4) is 0 Å². The fourth-order valence-electron chi connectivity index (χ4n) is 2.94. The van der Waals surface area contributed by atoms with E-state index in [9.17, 15) is 18.0 Å². The summed E-state index contributed by atoms with van der Waals surface area (Å²) in [5.41, 5.74) is -0.617. The molecule has 0 radical (unpaired) electrons. The highest BCUT2D eigenvalue weighted by Gasteiger charge is 2.56. The van der Waals surface area contributed by atoms with Crippen molar-refractivity contribution in [1.82, 2.24) is 14.9 Å². The molecule has 2 heterocycles. The lowest BCUT2D eigenvalue weighted by Gasteiger charge is -2.36. The first kappa shape index (κ1) is 16.5. The minimum atomic E-state index is -4.32. The summed E-state index contributed by atoms with van der Waals surface area (Å²) >= 11 is 0. The molecule has 1 fully saturated rings. The van der Waals surface area contributed by atoms with Gasteiger partial charge in [-0.25, -0.2) is 9.97 Å².